The van der Waals surface area contributed by atoms with Gasteiger partial charge < -0.3 is 14.6 Å². The summed E-state index contributed by atoms with van der Waals surface area (Å²) in [5.41, 5.74) is 1.87. The summed E-state index contributed by atoms with van der Waals surface area (Å²) in [4.78, 5) is 16.5. The fraction of sp³-hybridized carbons (Fsp3) is 0.222. The van der Waals surface area contributed by atoms with E-state index in [1.54, 1.807) is 6.26 Å². The molecule has 7 heteroatoms. The van der Waals surface area contributed by atoms with Crippen LogP contribution in [0.1, 0.15) is 16.9 Å². The lowest BCUT2D eigenvalue weighted by atomic mass is 10.2. The molecule has 4 rings (SSSR count). The number of quaternary nitrogens is 1. The van der Waals surface area contributed by atoms with E-state index in [0.29, 0.717) is 17.9 Å². The van der Waals surface area contributed by atoms with Crippen molar-refractivity contribution in [1.29, 1.82) is 0 Å². The number of aromatic nitrogens is 2. The number of H-pyrrole nitrogens is 1. The number of hydrogen-bond donors (Lipinski definition) is 3. The molecule has 0 fully saturated rings. The van der Waals surface area contributed by atoms with E-state index in [9.17, 15) is 4.79 Å². The third-order valence-electron chi connectivity index (χ3n) is 4.42. The number of aromatic amines is 1. The zero-order valence-electron chi connectivity index (χ0n) is 13.6. The standard InChI is InChI=1S/C18H18N4O2S/c23-17-15-11-21(9-13-5-2-1-3-6-13)12-19-16(15)22(18(25)20-17)10-14-7-4-8-24-14/h1-8,19H,9-12H2,(H,20,23,25)/p+1. The molecule has 1 atom stereocenters. The van der Waals surface area contributed by atoms with Crippen molar-refractivity contribution >= 4 is 18.0 Å². The summed E-state index contributed by atoms with van der Waals surface area (Å²) in [7, 11) is 0. The Bertz CT molecular complexity index is 977. The maximum Gasteiger partial charge on any atom is 0.262 e. The van der Waals surface area contributed by atoms with Gasteiger partial charge in [-0.15, -0.1) is 0 Å². The van der Waals surface area contributed by atoms with Crippen molar-refractivity contribution in [3.05, 3.63) is 80.7 Å². The molecule has 1 aliphatic heterocycles. The first-order chi connectivity index (χ1) is 12.2. The minimum Gasteiger partial charge on any atom is -0.467 e. The molecule has 25 heavy (non-hydrogen) atoms. The highest BCUT2D eigenvalue weighted by Crippen LogP contribution is 2.16. The van der Waals surface area contributed by atoms with Gasteiger partial charge in [-0.25, -0.2) is 0 Å². The zero-order valence-corrected chi connectivity index (χ0v) is 14.4. The molecule has 3 N–H and O–H groups in total. The van der Waals surface area contributed by atoms with Crippen LogP contribution in [0.3, 0.4) is 0 Å². The number of nitrogens with one attached hydrogen (secondary N) is 3. The summed E-state index contributed by atoms with van der Waals surface area (Å²) < 4.78 is 7.72. The predicted molar refractivity (Wildman–Crippen MR) is 97.0 cm³/mol. The fourth-order valence-electron chi connectivity index (χ4n) is 3.22. The molecule has 1 unspecified atom stereocenters. The average Bonchev–Trinajstić information content (AvgIpc) is 3.13. The van der Waals surface area contributed by atoms with Crippen molar-refractivity contribution in [3.63, 3.8) is 0 Å². The number of furan rings is 1. The molecule has 3 aromatic rings. The van der Waals surface area contributed by atoms with Gasteiger partial charge in [-0.2, -0.15) is 0 Å². The second kappa shape index (κ2) is 6.70. The van der Waals surface area contributed by atoms with Crippen LogP contribution in [0.4, 0.5) is 5.82 Å². The van der Waals surface area contributed by atoms with Crippen LogP contribution in [-0.2, 0) is 19.6 Å². The first-order valence-electron chi connectivity index (χ1n) is 8.20. The van der Waals surface area contributed by atoms with E-state index in [-0.39, 0.29) is 5.56 Å². The Balaban J connectivity index is 1.64. The molecule has 0 spiro atoms. The Morgan fingerprint density at radius 3 is 2.80 bits per heavy atom. The number of anilines is 1. The maximum atomic E-state index is 12.4. The van der Waals surface area contributed by atoms with Crippen molar-refractivity contribution in [2.24, 2.45) is 0 Å². The molecule has 0 amide bonds. The Kier molecular flexibility index (Phi) is 4.25. The van der Waals surface area contributed by atoms with Crippen LogP contribution in [0.15, 0.2) is 57.9 Å². The van der Waals surface area contributed by atoms with Crippen molar-refractivity contribution in [1.82, 2.24) is 9.55 Å². The summed E-state index contributed by atoms with van der Waals surface area (Å²) in [6.45, 7) is 2.74. The summed E-state index contributed by atoms with van der Waals surface area (Å²) in [5.74, 6) is 1.59. The number of nitrogens with zero attached hydrogens (tertiary/aromatic N) is 1. The normalized spacial score (nSPS) is 16.2. The smallest absolute Gasteiger partial charge is 0.262 e. The SMILES string of the molecule is O=c1[nH]c(=S)n(Cc2ccco2)c2c1C[NH+](Cc1ccccc1)CN2. The lowest BCUT2D eigenvalue weighted by Gasteiger charge is -2.28. The lowest BCUT2D eigenvalue weighted by Crippen LogP contribution is -3.11. The third kappa shape index (κ3) is 3.29. The van der Waals surface area contributed by atoms with Gasteiger partial charge in [-0.3, -0.25) is 14.3 Å². The molecule has 0 radical (unpaired) electrons. The van der Waals surface area contributed by atoms with Crippen molar-refractivity contribution < 1.29 is 9.32 Å². The average molecular weight is 355 g/mol. The van der Waals surface area contributed by atoms with Gasteiger partial charge in [0.05, 0.1) is 12.8 Å². The van der Waals surface area contributed by atoms with Crippen LogP contribution < -0.4 is 15.8 Å². The third-order valence-corrected chi connectivity index (χ3v) is 4.74. The fourth-order valence-corrected chi connectivity index (χ4v) is 3.47. The van der Waals surface area contributed by atoms with Crippen molar-refractivity contribution in [3.8, 4) is 0 Å². The number of benzene rings is 1. The quantitative estimate of drug-likeness (QED) is 0.621. The van der Waals surface area contributed by atoms with Crippen LogP contribution >= 0.6 is 12.2 Å². The highest BCUT2D eigenvalue weighted by Gasteiger charge is 2.25. The molecule has 0 saturated carbocycles. The highest BCUT2D eigenvalue weighted by atomic mass is 32.1. The number of hydrogen-bond acceptors (Lipinski definition) is 4. The molecule has 1 aromatic carbocycles. The van der Waals surface area contributed by atoms with Gasteiger partial charge in [-0.1, -0.05) is 30.3 Å². The summed E-state index contributed by atoms with van der Waals surface area (Å²) >= 11 is 5.35. The van der Waals surface area contributed by atoms with E-state index in [4.69, 9.17) is 16.6 Å². The monoisotopic (exact) mass is 355 g/mol. The molecule has 3 heterocycles. The second-order valence-corrected chi connectivity index (χ2v) is 6.58. The van der Waals surface area contributed by atoms with Crippen molar-refractivity contribution in [2.75, 3.05) is 12.0 Å². The van der Waals surface area contributed by atoms with Crippen LogP contribution in [0.5, 0.6) is 0 Å². The van der Waals surface area contributed by atoms with Gasteiger partial charge in [0.1, 0.15) is 30.2 Å². The second-order valence-electron chi connectivity index (χ2n) is 6.19. The van der Waals surface area contributed by atoms with Crippen molar-refractivity contribution in [2.45, 2.75) is 19.6 Å². The van der Waals surface area contributed by atoms with Gasteiger partial charge >= 0.3 is 0 Å². The Hall–Kier alpha value is -2.64. The van der Waals surface area contributed by atoms with E-state index in [1.165, 1.54) is 10.5 Å². The van der Waals surface area contributed by atoms with E-state index in [1.807, 2.05) is 34.9 Å². The van der Waals surface area contributed by atoms with Gasteiger partial charge in [-0.05, 0) is 24.4 Å². The zero-order chi connectivity index (χ0) is 17.2. The topological polar surface area (TPSA) is 67.4 Å². The molecule has 0 saturated heterocycles. The highest BCUT2D eigenvalue weighted by molar-refractivity contribution is 7.71. The van der Waals surface area contributed by atoms with Crippen LogP contribution in [0.25, 0.3) is 0 Å². The Morgan fingerprint density at radius 2 is 2.04 bits per heavy atom. The van der Waals surface area contributed by atoms with Gasteiger partial charge in [0, 0.05) is 5.56 Å². The maximum absolute atomic E-state index is 12.4. The van der Waals surface area contributed by atoms with Crippen LogP contribution in [-0.4, -0.2) is 16.2 Å². The number of rotatable bonds is 4. The number of fused-ring (bicyclic) bond motifs is 1. The predicted octanol–water partition coefficient (Wildman–Crippen LogP) is 1.52. The molecular formula is C18H19N4O2S+. The minimum absolute atomic E-state index is 0.117. The van der Waals surface area contributed by atoms with E-state index in [2.05, 4.69) is 22.4 Å². The first-order valence-corrected chi connectivity index (χ1v) is 8.61. The van der Waals surface area contributed by atoms with E-state index in [0.717, 1.165) is 30.4 Å². The Morgan fingerprint density at radius 1 is 1.20 bits per heavy atom. The largest absolute Gasteiger partial charge is 0.467 e. The molecule has 6 nitrogen and oxygen atoms in total. The van der Waals surface area contributed by atoms with Gasteiger partial charge in [0.15, 0.2) is 11.4 Å². The summed E-state index contributed by atoms with van der Waals surface area (Å²) in [6.07, 6.45) is 1.64. The summed E-state index contributed by atoms with van der Waals surface area (Å²) in [6, 6.07) is 14.0. The molecule has 128 valence electrons. The van der Waals surface area contributed by atoms with E-state index < -0.39 is 0 Å². The first kappa shape index (κ1) is 15.9. The summed E-state index contributed by atoms with van der Waals surface area (Å²) in [5, 5.41) is 3.39. The van der Waals surface area contributed by atoms with Gasteiger partial charge in [0.2, 0.25) is 0 Å². The molecule has 0 bridgehead atoms. The lowest BCUT2D eigenvalue weighted by molar-refractivity contribution is -0.926. The van der Waals surface area contributed by atoms with Gasteiger partial charge in [0.25, 0.3) is 5.56 Å². The molecule has 1 aliphatic rings. The van der Waals surface area contributed by atoms with Crippen LogP contribution in [0, 0.1) is 4.77 Å². The molecular weight excluding hydrogens is 336 g/mol. The molecule has 0 aliphatic carbocycles. The van der Waals surface area contributed by atoms with E-state index >= 15 is 0 Å². The Labute approximate surface area is 149 Å². The molecule has 2 aromatic heterocycles. The van der Waals surface area contributed by atoms with Crippen LogP contribution in [0.2, 0.25) is 0 Å². The minimum atomic E-state index is -0.117.